The van der Waals surface area contributed by atoms with Gasteiger partial charge in [-0.3, -0.25) is 0 Å². The molecule has 1 aromatic carbocycles. The van der Waals surface area contributed by atoms with Crippen LogP contribution in [0.2, 0.25) is 0 Å². The smallest absolute Gasteiger partial charge is 0.243 e. The Labute approximate surface area is 149 Å². The van der Waals surface area contributed by atoms with E-state index in [-0.39, 0.29) is 10.8 Å². The predicted molar refractivity (Wildman–Crippen MR) is 103 cm³/mol. The Balaban J connectivity index is 2.46. The van der Waals surface area contributed by atoms with Crippen molar-refractivity contribution in [3.8, 4) is 11.5 Å². The molecule has 130 valence electrons. The lowest BCUT2D eigenvalue weighted by Gasteiger charge is -2.34. The molecule has 0 fully saturated rings. The van der Waals surface area contributed by atoms with Gasteiger partial charge in [0.15, 0.2) is 11.5 Å². The molecule has 1 unspecified atom stereocenters. The highest BCUT2D eigenvalue weighted by Gasteiger charge is 2.39. The Morgan fingerprint density at radius 2 is 2.00 bits per heavy atom. The van der Waals surface area contributed by atoms with Crippen LogP contribution in [-0.4, -0.2) is 23.6 Å². The topological polar surface area (TPSA) is 27.7 Å². The second-order valence-corrected chi connectivity index (χ2v) is 12.4. The van der Waals surface area contributed by atoms with Crippen LogP contribution in [0.15, 0.2) is 17.0 Å². The van der Waals surface area contributed by atoms with Gasteiger partial charge in [0.2, 0.25) is 6.49 Å². The number of hydrogen-bond acceptors (Lipinski definition) is 5. The number of benzene rings is 1. The number of hydrogen-bond donors (Lipinski definition) is 0. The molecule has 6 heteroatoms. The van der Waals surface area contributed by atoms with Crippen LogP contribution in [0.3, 0.4) is 0 Å². The maximum Gasteiger partial charge on any atom is 0.243 e. The molecular weight excluding hydrogens is 347 g/mol. The largest absolute Gasteiger partial charge is 0.483 e. The first kappa shape index (κ1) is 19.1. The first-order valence-corrected chi connectivity index (χ1v) is 11.7. The Morgan fingerprint density at radius 1 is 1.35 bits per heavy atom. The van der Waals surface area contributed by atoms with Crippen molar-refractivity contribution in [1.29, 1.82) is 0 Å². The van der Waals surface area contributed by atoms with Crippen LogP contribution < -0.4 is 9.26 Å². The van der Waals surface area contributed by atoms with Gasteiger partial charge in [-0.05, 0) is 51.0 Å². The summed E-state index contributed by atoms with van der Waals surface area (Å²) in [6, 6.07) is 4.07. The summed E-state index contributed by atoms with van der Waals surface area (Å²) < 4.78 is 18.4. The quantitative estimate of drug-likeness (QED) is 0.491. The molecule has 0 saturated heterocycles. The fourth-order valence-electron chi connectivity index (χ4n) is 2.53. The van der Waals surface area contributed by atoms with Crippen LogP contribution in [0, 0.1) is 0 Å². The average molecular weight is 375 g/mol. The average Bonchev–Trinajstić information content (AvgIpc) is 2.74. The summed E-state index contributed by atoms with van der Waals surface area (Å²) in [5, 5.41) is -0.239. The van der Waals surface area contributed by atoms with E-state index >= 15 is 0 Å². The summed E-state index contributed by atoms with van der Waals surface area (Å²) >= 11 is 7.55. The maximum absolute atomic E-state index is 6.31. The van der Waals surface area contributed by atoms with Gasteiger partial charge in [-0.15, -0.1) is 11.8 Å². The van der Waals surface area contributed by atoms with Crippen molar-refractivity contribution in [2.75, 3.05) is 12.9 Å². The Morgan fingerprint density at radius 3 is 2.52 bits per heavy atom. The highest BCUT2D eigenvalue weighted by atomic mass is 32.5. The third-order valence-corrected chi connectivity index (χ3v) is 9.40. The predicted octanol–water partition coefficient (Wildman–Crippen LogP) is 5.65. The molecule has 0 aliphatic carbocycles. The van der Waals surface area contributed by atoms with E-state index in [1.807, 2.05) is 13.0 Å². The van der Waals surface area contributed by atoms with E-state index in [1.54, 1.807) is 11.8 Å². The van der Waals surface area contributed by atoms with E-state index in [2.05, 4.69) is 46.9 Å². The second-order valence-electron chi connectivity index (χ2n) is 7.29. The minimum absolute atomic E-state index is 0.220. The molecule has 1 heterocycles. The van der Waals surface area contributed by atoms with Gasteiger partial charge in [0.25, 0.3) is 0 Å². The standard InChI is InChI=1S/C17H27O3PS2/c1-8-18-21(22,16(2,3)4)20-13-9-10-14(23-7)12-11-17(5,6)19-15(12)13/h9-10H,8,11H2,1-7H3. The Hall–Kier alpha value is -0.220. The fraction of sp³-hybridized carbons (Fsp3) is 0.647. The van der Waals surface area contributed by atoms with Crippen molar-refractivity contribution in [2.24, 2.45) is 0 Å². The van der Waals surface area contributed by atoms with Gasteiger partial charge < -0.3 is 13.8 Å². The van der Waals surface area contributed by atoms with Crippen molar-refractivity contribution < 1.29 is 13.8 Å². The molecule has 0 bridgehead atoms. The first-order chi connectivity index (χ1) is 10.5. The summed E-state index contributed by atoms with van der Waals surface area (Å²) in [6.45, 7) is 10.5. The van der Waals surface area contributed by atoms with Gasteiger partial charge in [-0.2, -0.15) is 0 Å². The van der Waals surface area contributed by atoms with E-state index in [9.17, 15) is 0 Å². The van der Waals surface area contributed by atoms with E-state index < -0.39 is 6.49 Å². The number of fused-ring (bicyclic) bond motifs is 1. The van der Waals surface area contributed by atoms with E-state index in [0.29, 0.717) is 6.61 Å². The van der Waals surface area contributed by atoms with Gasteiger partial charge in [-0.1, -0.05) is 20.8 Å². The van der Waals surface area contributed by atoms with Crippen molar-refractivity contribution in [2.45, 2.75) is 63.6 Å². The van der Waals surface area contributed by atoms with Gasteiger partial charge in [-0.25, -0.2) is 0 Å². The van der Waals surface area contributed by atoms with Crippen LogP contribution in [0.1, 0.15) is 47.1 Å². The number of rotatable bonds is 5. The molecule has 0 N–H and O–H groups in total. The summed E-state index contributed by atoms with van der Waals surface area (Å²) in [5.74, 6) is 1.55. The lowest BCUT2D eigenvalue weighted by atomic mass is 10.0. The maximum atomic E-state index is 6.31. The molecule has 2 rings (SSSR count). The Kier molecular flexibility index (Phi) is 5.47. The van der Waals surface area contributed by atoms with Crippen molar-refractivity contribution in [1.82, 2.24) is 0 Å². The van der Waals surface area contributed by atoms with Crippen LogP contribution in [0.5, 0.6) is 11.5 Å². The van der Waals surface area contributed by atoms with Crippen LogP contribution >= 0.6 is 18.3 Å². The van der Waals surface area contributed by atoms with Crippen molar-refractivity contribution >= 4 is 30.1 Å². The number of thioether (sulfide) groups is 1. The monoisotopic (exact) mass is 374 g/mol. The summed E-state index contributed by atoms with van der Waals surface area (Å²) in [5.41, 5.74) is 0.995. The zero-order valence-corrected chi connectivity index (χ0v) is 17.6. The fourth-order valence-corrected chi connectivity index (χ4v) is 5.15. The lowest BCUT2D eigenvalue weighted by Crippen LogP contribution is -2.25. The van der Waals surface area contributed by atoms with E-state index in [1.165, 1.54) is 10.5 Å². The molecule has 3 nitrogen and oxygen atoms in total. The minimum atomic E-state index is -2.48. The van der Waals surface area contributed by atoms with Gasteiger partial charge >= 0.3 is 0 Å². The highest BCUT2D eigenvalue weighted by molar-refractivity contribution is 8.10. The molecule has 1 aliphatic heterocycles. The molecule has 1 aliphatic rings. The molecule has 1 aromatic rings. The molecule has 1 atom stereocenters. The lowest BCUT2D eigenvalue weighted by molar-refractivity contribution is 0.135. The van der Waals surface area contributed by atoms with E-state index in [0.717, 1.165) is 17.9 Å². The normalized spacial score (nSPS) is 18.9. The van der Waals surface area contributed by atoms with Gasteiger partial charge in [0, 0.05) is 22.0 Å². The van der Waals surface area contributed by atoms with Crippen LogP contribution in [0.4, 0.5) is 0 Å². The first-order valence-electron chi connectivity index (χ1n) is 7.86. The van der Waals surface area contributed by atoms with Crippen molar-refractivity contribution in [3.05, 3.63) is 17.7 Å². The summed E-state index contributed by atoms with van der Waals surface area (Å²) in [7, 11) is 0. The van der Waals surface area contributed by atoms with Gasteiger partial charge in [0.1, 0.15) is 5.60 Å². The SMILES string of the molecule is CCOP(=S)(Oc1ccc(SC)c2c1OC(C)(C)C2)C(C)(C)C. The second kappa shape index (κ2) is 6.59. The molecule has 23 heavy (non-hydrogen) atoms. The molecule has 0 amide bonds. The highest BCUT2D eigenvalue weighted by Crippen LogP contribution is 2.61. The zero-order chi connectivity index (χ0) is 17.5. The zero-order valence-electron chi connectivity index (χ0n) is 15.1. The summed E-state index contributed by atoms with van der Waals surface area (Å²) in [6.07, 6.45) is 2.96. The minimum Gasteiger partial charge on any atom is -0.483 e. The van der Waals surface area contributed by atoms with Gasteiger partial charge in [0.05, 0.1) is 6.61 Å². The third kappa shape index (κ3) is 3.89. The summed E-state index contributed by atoms with van der Waals surface area (Å²) in [4.78, 5) is 1.23. The molecule has 0 aromatic heterocycles. The molecule has 0 radical (unpaired) electrons. The molecular formula is C17H27O3PS2. The third-order valence-electron chi connectivity index (χ3n) is 3.72. The number of ether oxygens (including phenoxy) is 1. The van der Waals surface area contributed by atoms with Crippen LogP contribution in [0.25, 0.3) is 0 Å². The van der Waals surface area contributed by atoms with Crippen molar-refractivity contribution in [3.63, 3.8) is 0 Å². The Bertz CT molecular complexity index is 635. The molecule has 0 saturated carbocycles. The van der Waals surface area contributed by atoms with E-state index in [4.69, 9.17) is 25.6 Å². The van der Waals surface area contributed by atoms with Crippen LogP contribution in [-0.2, 0) is 22.8 Å². The molecule has 0 spiro atoms.